The van der Waals surface area contributed by atoms with E-state index in [1.54, 1.807) is 0 Å². The summed E-state index contributed by atoms with van der Waals surface area (Å²) in [6.45, 7) is 3.21. The molecule has 0 spiro atoms. The van der Waals surface area contributed by atoms with Crippen LogP contribution in [0.25, 0.3) is 10.9 Å². The first-order valence-electron chi connectivity index (χ1n) is 7.46. The van der Waals surface area contributed by atoms with Crippen LogP contribution in [0.2, 0.25) is 0 Å². The standard InChI is InChI=1S/C17H22N2/c1-2-18-17(13-7-3-4-8-13)15-11-14-9-5-6-10-16(14)19-12-15/h5-6,9-13,17-18H,2-4,7-8H2,1H3. The number of nitrogens with one attached hydrogen (secondary N) is 1. The summed E-state index contributed by atoms with van der Waals surface area (Å²) in [5.41, 5.74) is 2.44. The summed E-state index contributed by atoms with van der Waals surface area (Å²) in [7, 11) is 0. The summed E-state index contributed by atoms with van der Waals surface area (Å²) in [4.78, 5) is 4.62. The molecular formula is C17H22N2. The summed E-state index contributed by atoms with van der Waals surface area (Å²) < 4.78 is 0. The third-order valence-electron chi connectivity index (χ3n) is 4.27. The Balaban J connectivity index is 1.94. The first kappa shape index (κ1) is 12.6. The molecule has 1 aromatic heterocycles. The summed E-state index contributed by atoms with van der Waals surface area (Å²) in [6, 6.07) is 11.2. The third kappa shape index (κ3) is 2.64. The Bertz CT molecular complexity index is 544. The number of aromatic nitrogens is 1. The van der Waals surface area contributed by atoms with Gasteiger partial charge in [0.25, 0.3) is 0 Å². The minimum Gasteiger partial charge on any atom is -0.310 e. The molecule has 100 valence electrons. The maximum atomic E-state index is 4.62. The Morgan fingerprint density at radius 3 is 2.84 bits per heavy atom. The molecular weight excluding hydrogens is 232 g/mol. The molecule has 0 saturated heterocycles. The van der Waals surface area contributed by atoms with Crippen LogP contribution in [-0.2, 0) is 0 Å². The van der Waals surface area contributed by atoms with E-state index in [1.165, 1.54) is 36.6 Å². The molecule has 19 heavy (non-hydrogen) atoms. The van der Waals surface area contributed by atoms with Gasteiger partial charge in [-0.1, -0.05) is 38.0 Å². The minimum atomic E-state index is 0.476. The molecule has 2 aromatic rings. The van der Waals surface area contributed by atoms with Crippen molar-refractivity contribution in [2.75, 3.05) is 6.54 Å². The molecule has 1 aliphatic carbocycles. The number of benzene rings is 1. The van der Waals surface area contributed by atoms with Crippen molar-refractivity contribution < 1.29 is 0 Å². The topological polar surface area (TPSA) is 24.9 Å². The highest BCUT2D eigenvalue weighted by molar-refractivity contribution is 5.78. The maximum Gasteiger partial charge on any atom is 0.0702 e. The van der Waals surface area contributed by atoms with Gasteiger partial charge in [-0.3, -0.25) is 4.98 Å². The molecule has 2 nitrogen and oxygen atoms in total. The second kappa shape index (κ2) is 5.70. The van der Waals surface area contributed by atoms with Crippen molar-refractivity contribution in [3.63, 3.8) is 0 Å². The molecule has 2 heteroatoms. The molecule has 1 fully saturated rings. The molecule has 1 saturated carbocycles. The number of hydrogen-bond donors (Lipinski definition) is 1. The molecule has 0 aliphatic heterocycles. The zero-order valence-corrected chi connectivity index (χ0v) is 11.6. The Morgan fingerprint density at radius 2 is 2.05 bits per heavy atom. The summed E-state index contributed by atoms with van der Waals surface area (Å²) in [5, 5.41) is 4.92. The van der Waals surface area contributed by atoms with Gasteiger partial charge in [0.05, 0.1) is 5.52 Å². The minimum absolute atomic E-state index is 0.476. The lowest BCUT2D eigenvalue weighted by atomic mass is 9.92. The lowest BCUT2D eigenvalue weighted by molar-refractivity contribution is 0.374. The van der Waals surface area contributed by atoms with Crippen molar-refractivity contribution in [1.29, 1.82) is 0 Å². The Morgan fingerprint density at radius 1 is 1.26 bits per heavy atom. The van der Waals surface area contributed by atoms with Gasteiger partial charge in [0.15, 0.2) is 0 Å². The smallest absolute Gasteiger partial charge is 0.0702 e. The number of hydrogen-bond acceptors (Lipinski definition) is 2. The highest BCUT2D eigenvalue weighted by Gasteiger charge is 2.25. The predicted octanol–water partition coefficient (Wildman–Crippen LogP) is 4.08. The highest BCUT2D eigenvalue weighted by atomic mass is 14.9. The quantitative estimate of drug-likeness (QED) is 0.889. The second-order valence-electron chi connectivity index (χ2n) is 5.54. The van der Waals surface area contributed by atoms with Crippen LogP contribution < -0.4 is 5.32 Å². The zero-order chi connectivity index (χ0) is 13.1. The first-order chi connectivity index (χ1) is 9.38. The fourth-order valence-electron chi connectivity index (χ4n) is 3.33. The number of fused-ring (bicyclic) bond motifs is 1. The molecule has 3 rings (SSSR count). The van der Waals surface area contributed by atoms with E-state index in [9.17, 15) is 0 Å². The van der Waals surface area contributed by atoms with Gasteiger partial charge in [-0.2, -0.15) is 0 Å². The lowest BCUT2D eigenvalue weighted by Crippen LogP contribution is -2.27. The Kier molecular flexibility index (Phi) is 3.79. The Labute approximate surface area is 115 Å². The lowest BCUT2D eigenvalue weighted by Gasteiger charge is -2.24. The van der Waals surface area contributed by atoms with Crippen LogP contribution in [-0.4, -0.2) is 11.5 Å². The van der Waals surface area contributed by atoms with Gasteiger partial charge in [-0.05, 0) is 43.0 Å². The number of nitrogens with zero attached hydrogens (tertiary/aromatic N) is 1. The molecule has 0 amide bonds. The fourth-order valence-corrected chi connectivity index (χ4v) is 3.33. The summed E-state index contributed by atoms with van der Waals surface area (Å²) >= 11 is 0. The van der Waals surface area contributed by atoms with E-state index in [4.69, 9.17) is 0 Å². The van der Waals surface area contributed by atoms with Crippen molar-refractivity contribution in [1.82, 2.24) is 10.3 Å². The van der Waals surface area contributed by atoms with Crippen LogP contribution in [0.5, 0.6) is 0 Å². The van der Waals surface area contributed by atoms with Gasteiger partial charge in [0.2, 0.25) is 0 Å². The molecule has 1 aromatic carbocycles. The van der Waals surface area contributed by atoms with E-state index in [1.807, 2.05) is 6.07 Å². The SMILES string of the molecule is CCNC(c1cnc2ccccc2c1)C1CCCC1. The molecule has 1 N–H and O–H groups in total. The number of rotatable bonds is 4. The van der Waals surface area contributed by atoms with Gasteiger partial charge < -0.3 is 5.32 Å². The summed E-state index contributed by atoms with van der Waals surface area (Å²) in [6.07, 6.45) is 7.53. The second-order valence-corrected chi connectivity index (χ2v) is 5.54. The maximum absolute atomic E-state index is 4.62. The van der Waals surface area contributed by atoms with Crippen molar-refractivity contribution in [2.24, 2.45) is 5.92 Å². The average Bonchev–Trinajstić information content (AvgIpc) is 2.98. The van der Waals surface area contributed by atoms with Gasteiger partial charge in [-0.15, -0.1) is 0 Å². The number of pyridine rings is 1. The number of para-hydroxylation sites is 1. The van der Waals surface area contributed by atoms with Crippen molar-refractivity contribution in [3.8, 4) is 0 Å². The molecule has 1 unspecified atom stereocenters. The zero-order valence-electron chi connectivity index (χ0n) is 11.6. The van der Waals surface area contributed by atoms with E-state index in [0.717, 1.165) is 18.0 Å². The van der Waals surface area contributed by atoms with E-state index in [0.29, 0.717) is 6.04 Å². The fraction of sp³-hybridized carbons (Fsp3) is 0.471. The molecule has 1 aliphatic rings. The van der Waals surface area contributed by atoms with Crippen molar-refractivity contribution in [3.05, 3.63) is 42.1 Å². The van der Waals surface area contributed by atoms with Gasteiger partial charge >= 0.3 is 0 Å². The van der Waals surface area contributed by atoms with E-state index < -0.39 is 0 Å². The Hall–Kier alpha value is -1.41. The van der Waals surface area contributed by atoms with Crippen LogP contribution in [0.4, 0.5) is 0 Å². The van der Waals surface area contributed by atoms with E-state index >= 15 is 0 Å². The van der Waals surface area contributed by atoms with E-state index in [-0.39, 0.29) is 0 Å². The average molecular weight is 254 g/mol. The van der Waals surface area contributed by atoms with Crippen LogP contribution in [0.15, 0.2) is 36.5 Å². The third-order valence-corrected chi connectivity index (χ3v) is 4.27. The van der Waals surface area contributed by atoms with Crippen LogP contribution in [0.1, 0.15) is 44.2 Å². The van der Waals surface area contributed by atoms with Crippen LogP contribution in [0, 0.1) is 5.92 Å². The van der Waals surface area contributed by atoms with Crippen molar-refractivity contribution >= 4 is 10.9 Å². The molecule has 1 heterocycles. The molecule has 0 bridgehead atoms. The van der Waals surface area contributed by atoms with Crippen LogP contribution in [0.3, 0.4) is 0 Å². The molecule has 0 radical (unpaired) electrons. The van der Waals surface area contributed by atoms with Gasteiger partial charge in [0, 0.05) is 17.6 Å². The normalized spacial score (nSPS) is 17.9. The van der Waals surface area contributed by atoms with Gasteiger partial charge in [0.1, 0.15) is 0 Å². The predicted molar refractivity (Wildman–Crippen MR) is 80.1 cm³/mol. The summed E-state index contributed by atoms with van der Waals surface area (Å²) in [5.74, 6) is 0.780. The van der Waals surface area contributed by atoms with Crippen molar-refractivity contribution in [2.45, 2.75) is 38.6 Å². The largest absolute Gasteiger partial charge is 0.310 e. The monoisotopic (exact) mass is 254 g/mol. The van der Waals surface area contributed by atoms with Gasteiger partial charge in [-0.25, -0.2) is 0 Å². The van der Waals surface area contributed by atoms with Crippen LogP contribution >= 0.6 is 0 Å². The van der Waals surface area contributed by atoms with E-state index in [2.05, 4.69) is 47.7 Å². The highest BCUT2D eigenvalue weighted by Crippen LogP contribution is 2.36. The molecule has 1 atom stereocenters. The first-order valence-corrected chi connectivity index (χ1v) is 7.46.